The van der Waals surface area contributed by atoms with Crippen LogP contribution in [0.3, 0.4) is 0 Å². The summed E-state index contributed by atoms with van der Waals surface area (Å²) in [6.45, 7) is 22.1. The molecule has 0 atom stereocenters. The molecule has 0 fully saturated rings. The van der Waals surface area contributed by atoms with E-state index >= 15 is 0 Å². The highest BCUT2D eigenvalue weighted by Crippen LogP contribution is 2.46. The predicted octanol–water partition coefficient (Wildman–Crippen LogP) is 24.5. The first-order chi connectivity index (χ1) is 54.7. The van der Waals surface area contributed by atoms with Gasteiger partial charge in [-0.3, -0.25) is 32.6 Å². The molecule has 112 heavy (non-hydrogen) atoms. The second kappa shape index (κ2) is 28.7. The first-order valence-electron chi connectivity index (χ1n) is 37.2. The summed E-state index contributed by atoms with van der Waals surface area (Å²) in [6.07, 6.45) is 0. The van der Waals surface area contributed by atoms with Gasteiger partial charge < -0.3 is 0 Å². The van der Waals surface area contributed by atoms with Gasteiger partial charge in [0, 0.05) is 154 Å². The summed E-state index contributed by atoms with van der Waals surface area (Å²) in [4.78, 5) is 7.74. The van der Waals surface area contributed by atoms with Crippen LogP contribution in [0.1, 0.15) is 51.5 Å². The first-order valence-corrected chi connectivity index (χ1v) is 42.1. The van der Waals surface area contributed by atoms with Crippen molar-refractivity contribution < 1.29 is 0 Å². The second-order valence-corrected chi connectivity index (χ2v) is 36.2. The predicted molar refractivity (Wildman–Crippen MR) is 485 cm³/mol. The Balaban J connectivity index is 0.000000113. The van der Waals surface area contributed by atoms with E-state index in [-0.39, 0.29) is 0 Å². The van der Waals surface area contributed by atoms with Crippen molar-refractivity contribution in [1.29, 1.82) is 0 Å². The Bertz CT molecular complexity index is 6900. The van der Waals surface area contributed by atoms with Gasteiger partial charge in [0.15, 0.2) is 0 Å². The Kier molecular flexibility index (Phi) is 18.0. The number of benzene rings is 9. The van der Waals surface area contributed by atoms with Crippen molar-refractivity contribution in [3.05, 3.63) is 314 Å². The lowest BCUT2D eigenvalue weighted by molar-refractivity contribution is 1.25. The minimum Gasteiger partial charge on any atom is -0.278 e. The highest BCUT2D eigenvalue weighted by molar-refractivity contribution is 7.22. The van der Waals surface area contributed by atoms with Crippen LogP contribution in [-0.2, 0) is 0 Å². The van der Waals surface area contributed by atoms with Crippen LogP contribution in [-0.4, -0.2) is 0 Å². The van der Waals surface area contributed by atoms with E-state index in [0.717, 1.165) is 66.3 Å². The molecule has 0 aliphatic heterocycles. The summed E-state index contributed by atoms with van der Waals surface area (Å²) >= 11 is 11.1. The fourth-order valence-electron chi connectivity index (χ4n) is 16.3. The number of hydrogen-bond donors (Lipinski definition) is 6. The Labute approximate surface area is 668 Å². The number of para-hydroxylation sites is 6. The van der Waals surface area contributed by atoms with Gasteiger partial charge in [-0.05, 0) is 213 Å². The summed E-state index contributed by atoms with van der Waals surface area (Å²) in [6, 6.07) is 79.1. The molecule has 0 aliphatic rings. The molecule has 546 valence electrons. The molecule has 0 bridgehead atoms. The number of thiophene rings is 6. The van der Waals surface area contributed by atoms with E-state index in [9.17, 15) is 0 Å². The van der Waals surface area contributed by atoms with Crippen molar-refractivity contribution in [3.8, 4) is 0 Å². The molecule has 0 radical (unpaired) electrons. The summed E-state index contributed by atoms with van der Waals surface area (Å²) in [7, 11) is 0. The van der Waals surface area contributed by atoms with E-state index in [0.29, 0.717) is 0 Å². The number of fused-ring (bicyclic) bond motifs is 18. The van der Waals surface area contributed by atoms with Gasteiger partial charge in [0.2, 0.25) is 0 Å². The number of anilines is 6. The van der Waals surface area contributed by atoms with Crippen LogP contribution in [0.25, 0.3) is 125 Å². The van der Waals surface area contributed by atoms with Gasteiger partial charge in [-0.2, -0.15) is 30.6 Å². The van der Waals surface area contributed by atoms with Gasteiger partial charge in [-0.25, -0.2) is 0 Å². The lowest BCUT2D eigenvalue weighted by atomic mass is 9.98. The molecule has 0 saturated carbocycles. The van der Waals surface area contributed by atoms with Crippen LogP contribution >= 0.6 is 68.0 Å². The average molecular weight is 1560 g/mol. The van der Waals surface area contributed by atoms with Gasteiger partial charge in [-0.1, -0.05) is 109 Å². The zero-order valence-electron chi connectivity index (χ0n) is 63.1. The quantitative estimate of drug-likeness (QED) is 0.0672. The zero-order valence-corrected chi connectivity index (χ0v) is 68.0. The fourth-order valence-corrected chi connectivity index (χ4v) is 22.9. The molecule has 6 heterocycles. The van der Waals surface area contributed by atoms with Crippen LogP contribution in [0.15, 0.2) is 261 Å². The third-order valence-electron chi connectivity index (χ3n) is 21.1. The van der Waals surface area contributed by atoms with Crippen LogP contribution in [0.5, 0.6) is 0 Å². The topological polar surface area (TPSA) is 146 Å². The molecule has 21 aromatic rings. The molecule has 6 N–H and O–H groups in total. The van der Waals surface area contributed by atoms with Gasteiger partial charge in [0.05, 0.1) is 44.8 Å². The third kappa shape index (κ3) is 12.3. The van der Waals surface area contributed by atoms with Crippen LogP contribution in [0.4, 0.5) is 34.1 Å². The molecule has 18 heteroatoms. The summed E-state index contributed by atoms with van der Waals surface area (Å²) < 4.78 is 7.77. The van der Waals surface area contributed by atoms with Crippen molar-refractivity contribution in [2.75, 3.05) is 32.6 Å². The number of nitrogens with one attached hydrogen (secondary N) is 6. The summed E-state index contributed by atoms with van der Waals surface area (Å²) in [5, 5.41) is 58.1. The van der Waals surface area contributed by atoms with E-state index in [1.54, 1.807) is 0 Å². The highest BCUT2D eigenvalue weighted by atomic mass is 32.1. The van der Waals surface area contributed by atoms with Crippen LogP contribution < -0.4 is 64.7 Å². The Morgan fingerprint density at radius 1 is 0.179 bits per heavy atom. The normalized spacial score (nSPS) is 13.1. The fraction of sp³-hybridized carbons (Fsp3) is 0.106. The standard InChI is InChI=1S/2C32H26N4S2.C30H22N4S2/c2*1-17-15-23-29(35-33-21-11-7-5-8-12-21)25-20(4)28-26(19(3)27(25)31(23)37-17)30(24-16-18(2)38-32(24)28)36-34-22-13-9-6-10-14-22;1-17-13-25-27(33-31-19-9-5-3-6-10-19)21-16-24-22(15-23(21)29(25)35-17)28(26-14-18(2)36-30(24)26)34-32-20-11-7-4-8-12-20/h2*5-16,33-34H,1-4H3;3-16,31-32H,1-2H3/b2*35-29+,36-30+;33-27-,34-28-. The number of rotatable bonds is 12. The van der Waals surface area contributed by atoms with Crippen molar-refractivity contribution in [2.45, 2.75) is 69.2 Å². The Hall–Kier alpha value is -12.0. The maximum Gasteiger partial charge on any atom is 0.100 e. The minimum absolute atomic E-state index is 0.977. The smallest absolute Gasteiger partial charge is 0.100 e. The number of aryl methyl sites for hydroxylation is 10. The lowest BCUT2D eigenvalue weighted by Crippen LogP contribution is -2.07. The Morgan fingerprint density at radius 3 is 0.562 bits per heavy atom. The first kappa shape index (κ1) is 70.4. The van der Waals surface area contributed by atoms with Gasteiger partial charge in [0.25, 0.3) is 0 Å². The lowest BCUT2D eigenvalue weighted by Gasteiger charge is -2.07. The molecule has 0 unspecified atom stereocenters. The van der Waals surface area contributed by atoms with E-state index in [4.69, 9.17) is 30.6 Å². The molecular formula is C94H74N12S6. The van der Waals surface area contributed by atoms with Crippen LogP contribution in [0.2, 0.25) is 0 Å². The summed E-state index contributed by atoms with van der Waals surface area (Å²) in [5.74, 6) is 0. The monoisotopic (exact) mass is 1560 g/mol. The van der Waals surface area contributed by atoms with E-state index in [1.807, 2.05) is 250 Å². The second-order valence-electron chi connectivity index (χ2n) is 28.7. The highest BCUT2D eigenvalue weighted by Gasteiger charge is 2.27. The molecule has 0 amide bonds. The van der Waals surface area contributed by atoms with Gasteiger partial charge >= 0.3 is 0 Å². The van der Waals surface area contributed by atoms with Crippen molar-refractivity contribution in [1.82, 2.24) is 0 Å². The van der Waals surface area contributed by atoms with Crippen LogP contribution in [0, 0.1) is 69.2 Å². The molecule has 0 saturated heterocycles. The molecule has 15 aromatic carbocycles. The largest absolute Gasteiger partial charge is 0.278 e. The zero-order chi connectivity index (χ0) is 76.2. The number of hydrogen-bond acceptors (Lipinski definition) is 18. The maximum atomic E-state index is 5.01. The van der Waals surface area contributed by atoms with E-state index in [1.165, 1.54) is 177 Å². The average Bonchev–Trinajstić information content (AvgIpc) is 1.54. The van der Waals surface area contributed by atoms with Gasteiger partial charge in [-0.15, -0.1) is 68.0 Å². The van der Waals surface area contributed by atoms with Crippen molar-refractivity contribution in [3.63, 3.8) is 0 Å². The van der Waals surface area contributed by atoms with Crippen molar-refractivity contribution in [2.24, 2.45) is 30.6 Å². The SMILES string of the molecule is Cc1cc2/c(=N\Nc3ccccc3)c3c(C)c4c(c(C)c3c2s1)/c(=N/Nc1ccccc1)c1cc(C)sc14.Cc1cc2/c(=N\Nc3ccccc3)c3c(C)c4c(c(C)c3c2s1)/c(=N/Nc1ccccc1)c1cc(C)sc14.Cc1cc2/c(=N\Nc3ccccc3)c3cc4c(cc3c2s1)/c(=N/Nc1ccccc1)c1cc(C)sc14. The third-order valence-corrected chi connectivity index (χ3v) is 27.5. The van der Waals surface area contributed by atoms with E-state index in [2.05, 4.69) is 150 Å². The Morgan fingerprint density at radius 2 is 0.357 bits per heavy atom. The molecule has 6 aromatic heterocycles. The van der Waals surface area contributed by atoms with Gasteiger partial charge in [0.1, 0.15) is 21.4 Å². The van der Waals surface area contributed by atoms with Crippen molar-refractivity contribution >= 4 is 227 Å². The minimum atomic E-state index is 0.977. The molecule has 21 rings (SSSR count). The molecular weight excluding hydrogens is 1490 g/mol. The number of nitrogens with zero attached hydrogens (tertiary/aromatic N) is 6. The molecule has 0 spiro atoms. The molecule has 12 nitrogen and oxygen atoms in total. The molecule has 0 aliphatic carbocycles. The maximum absolute atomic E-state index is 5.01. The van der Waals surface area contributed by atoms with E-state index < -0.39 is 0 Å². The summed E-state index contributed by atoms with van der Waals surface area (Å²) in [5.41, 5.74) is 30.8.